The molecule has 1 saturated heterocycles. The minimum Gasteiger partial charge on any atom is -0.286 e. The van der Waals surface area contributed by atoms with Crippen LogP contribution in [0.25, 0.3) is 5.65 Å². The predicted octanol–water partition coefficient (Wildman–Crippen LogP) is 3.22. The Bertz CT molecular complexity index is 1080. The molecule has 2 aromatic heterocycles. The summed E-state index contributed by atoms with van der Waals surface area (Å²) in [7, 11) is -3.54. The molecule has 0 amide bonds. The first kappa shape index (κ1) is 18.1. The summed E-state index contributed by atoms with van der Waals surface area (Å²) >= 11 is 0. The minimum absolute atomic E-state index is 0.0389. The van der Waals surface area contributed by atoms with E-state index in [1.807, 2.05) is 61.7 Å². The lowest BCUT2D eigenvalue weighted by atomic mass is 9.99. The number of hydrogen-bond donors (Lipinski definition) is 0. The fraction of sp³-hybridized carbons (Fsp3) is 0.400. The molecule has 1 fully saturated rings. The summed E-state index contributed by atoms with van der Waals surface area (Å²) in [5.41, 5.74) is 3.48. The summed E-state index contributed by atoms with van der Waals surface area (Å²) in [5.74, 6) is 0.875. The van der Waals surface area contributed by atoms with E-state index in [0.29, 0.717) is 18.0 Å². The van der Waals surface area contributed by atoms with Crippen LogP contribution >= 0.6 is 0 Å². The van der Waals surface area contributed by atoms with Crippen molar-refractivity contribution in [2.45, 2.75) is 44.4 Å². The van der Waals surface area contributed by atoms with E-state index in [-0.39, 0.29) is 5.92 Å². The lowest BCUT2D eigenvalue weighted by molar-refractivity contribution is 0.308. The van der Waals surface area contributed by atoms with E-state index in [9.17, 15) is 8.42 Å². The SMILES string of the molecule is Cc1cc(C)c(S(=O)(=O)N2CCCC(c3nnc4ccccn34)C2)c(C)c1. The normalized spacial score (nSPS) is 18.9. The van der Waals surface area contributed by atoms with Crippen LogP contribution in [-0.2, 0) is 10.0 Å². The van der Waals surface area contributed by atoms with Gasteiger partial charge in [0, 0.05) is 25.2 Å². The maximum atomic E-state index is 13.4. The Morgan fingerprint density at radius 2 is 1.81 bits per heavy atom. The van der Waals surface area contributed by atoms with Crippen LogP contribution in [0.1, 0.15) is 41.3 Å². The summed E-state index contributed by atoms with van der Waals surface area (Å²) in [6.45, 7) is 6.72. The second-order valence-electron chi connectivity index (χ2n) is 7.42. The summed E-state index contributed by atoms with van der Waals surface area (Å²) in [6.07, 6.45) is 3.66. The highest BCUT2D eigenvalue weighted by atomic mass is 32.2. The third-order valence-electron chi connectivity index (χ3n) is 5.29. The van der Waals surface area contributed by atoms with E-state index in [1.165, 1.54) is 0 Å². The fourth-order valence-electron chi connectivity index (χ4n) is 4.21. The zero-order valence-electron chi connectivity index (χ0n) is 15.9. The van der Waals surface area contributed by atoms with E-state index in [0.717, 1.165) is 41.0 Å². The van der Waals surface area contributed by atoms with Gasteiger partial charge in [-0.3, -0.25) is 4.40 Å². The van der Waals surface area contributed by atoms with Gasteiger partial charge in [0.1, 0.15) is 5.82 Å². The lowest BCUT2D eigenvalue weighted by Crippen LogP contribution is -2.40. The average molecular weight is 385 g/mol. The largest absolute Gasteiger partial charge is 0.286 e. The molecule has 1 aromatic carbocycles. The molecular formula is C20H24N4O2S. The number of hydrogen-bond acceptors (Lipinski definition) is 4. The number of sulfonamides is 1. The molecule has 3 aromatic rings. The van der Waals surface area contributed by atoms with Crippen LogP contribution in [0.5, 0.6) is 0 Å². The molecule has 0 saturated carbocycles. The highest BCUT2D eigenvalue weighted by Crippen LogP contribution is 2.32. The van der Waals surface area contributed by atoms with Crippen LogP contribution in [-0.4, -0.2) is 40.4 Å². The van der Waals surface area contributed by atoms with Crippen LogP contribution in [0, 0.1) is 20.8 Å². The number of fused-ring (bicyclic) bond motifs is 1. The predicted molar refractivity (Wildman–Crippen MR) is 104 cm³/mol. The molecule has 4 rings (SSSR count). The second kappa shape index (κ2) is 6.73. The molecule has 0 bridgehead atoms. The number of pyridine rings is 1. The van der Waals surface area contributed by atoms with Crippen LogP contribution in [0.2, 0.25) is 0 Å². The number of nitrogens with zero attached hydrogens (tertiary/aromatic N) is 4. The van der Waals surface area contributed by atoms with Crippen molar-refractivity contribution in [3.05, 3.63) is 59.0 Å². The molecule has 0 spiro atoms. The Hall–Kier alpha value is -2.25. The smallest absolute Gasteiger partial charge is 0.243 e. The highest BCUT2D eigenvalue weighted by molar-refractivity contribution is 7.89. The molecule has 0 aliphatic carbocycles. The van der Waals surface area contributed by atoms with Crippen molar-refractivity contribution in [1.82, 2.24) is 18.9 Å². The Balaban J connectivity index is 1.69. The minimum atomic E-state index is -3.54. The van der Waals surface area contributed by atoms with E-state index >= 15 is 0 Å². The monoisotopic (exact) mass is 384 g/mol. The number of piperidine rings is 1. The van der Waals surface area contributed by atoms with Gasteiger partial charge in [-0.1, -0.05) is 23.8 Å². The molecule has 1 aliphatic heterocycles. The van der Waals surface area contributed by atoms with Crippen LogP contribution in [0.4, 0.5) is 0 Å². The molecule has 0 radical (unpaired) electrons. The molecule has 0 N–H and O–H groups in total. The van der Waals surface area contributed by atoms with Crippen molar-refractivity contribution in [1.29, 1.82) is 0 Å². The lowest BCUT2D eigenvalue weighted by Gasteiger charge is -2.32. The summed E-state index contributed by atoms with van der Waals surface area (Å²) < 4.78 is 30.4. The maximum Gasteiger partial charge on any atom is 0.243 e. The first-order valence-corrected chi connectivity index (χ1v) is 10.7. The first-order valence-electron chi connectivity index (χ1n) is 9.25. The molecule has 27 heavy (non-hydrogen) atoms. The van der Waals surface area contributed by atoms with Crippen molar-refractivity contribution in [2.24, 2.45) is 0 Å². The maximum absolute atomic E-state index is 13.4. The molecule has 1 unspecified atom stereocenters. The summed E-state index contributed by atoms with van der Waals surface area (Å²) in [4.78, 5) is 0.444. The van der Waals surface area contributed by atoms with E-state index in [4.69, 9.17) is 0 Å². The number of aryl methyl sites for hydroxylation is 3. The van der Waals surface area contributed by atoms with Gasteiger partial charge in [-0.25, -0.2) is 8.42 Å². The standard InChI is InChI=1S/C20H24N4O2S/c1-14-11-15(2)19(16(3)12-14)27(25,26)23-9-6-7-17(13-23)20-22-21-18-8-4-5-10-24(18)20/h4-5,8,10-12,17H,6-7,9,13H2,1-3H3. The van der Waals surface area contributed by atoms with Crippen LogP contribution in [0.15, 0.2) is 41.4 Å². The van der Waals surface area contributed by atoms with Crippen molar-refractivity contribution in [2.75, 3.05) is 13.1 Å². The molecule has 3 heterocycles. The highest BCUT2D eigenvalue weighted by Gasteiger charge is 2.34. The van der Waals surface area contributed by atoms with Gasteiger partial charge in [-0.15, -0.1) is 10.2 Å². The van der Waals surface area contributed by atoms with Crippen molar-refractivity contribution in [3.63, 3.8) is 0 Å². The van der Waals surface area contributed by atoms with Gasteiger partial charge in [0.05, 0.1) is 4.90 Å². The van der Waals surface area contributed by atoms with Crippen LogP contribution < -0.4 is 0 Å². The third kappa shape index (κ3) is 3.15. The number of aromatic nitrogens is 3. The van der Waals surface area contributed by atoms with E-state index < -0.39 is 10.0 Å². The van der Waals surface area contributed by atoms with Crippen molar-refractivity contribution < 1.29 is 8.42 Å². The Morgan fingerprint density at radius 3 is 2.56 bits per heavy atom. The summed E-state index contributed by atoms with van der Waals surface area (Å²) in [6, 6.07) is 9.65. The molecule has 6 nitrogen and oxygen atoms in total. The van der Waals surface area contributed by atoms with Crippen LogP contribution in [0.3, 0.4) is 0 Å². The van der Waals surface area contributed by atoms with Crippen molar-refractivity contribution in [3.8, 4) is 0 Å². The van der Waals surface area contributed by atoms with Crippen molar-refractivity contribution >= 4 is 15.7 Å². The van der Waals surface area contributed by atoms with Gasteiger partial charge in [-0.2, -0.15) is 4.31 Å². The topological polar surface area (TPSA) is 67.6 Å². The van der Waals surface area contributed by atoms with Gasteiger partial charge in [0.15, 0.2) is 5.65 Å². The van der Waals surface area contributed by atoms with Gasteiger partial charge in [0.2, 0.25) is 10.0 Å². The zero-order valence-corrected chi connectivity index (χ0v) is 16.7. The Labute approximate surface area is 159 Å². The number of rotatable bonds is 3. The van der Waals surface area contributed by atoms with E-state index in [2.05, 4.69) is 10.2 Å². The summed E-state index contributed by atoms with van der Waals surface area (Å²) in [5, 5.41) is 8.57. The zero-order chi connectivity index (χ0) is 19.2. The molecule has 7 heteroatoms. The molecule has 1 atom stereocenters. The Kier molecular flexibility index (Phi) is 4.52. The van der Waals surface area contributed by atoms with Gasteiger partial charge in [0.25, 0.3) is 0 Å². The van der Waals surface area contributed by atoms with E-state index in [1.54, 1.807) is 4.31 Å². The third-order valence-corrected chi connectivity index (χ3v) is 7.46. The number of benzene rings is 1. The van der Waals surface area contributed by atoms with Gasteiger partial charge >= 0.3 is 0 Å². The quantitative estimate of drug-likeness (QED) is 0.695. The Morgan fingerprint density at radius 1 is 1.07 bits per heavy atom. The first-order chi connectivity index (χ1) is 12.9. The molecular weight excluding hydrogens is 360 g/mol. The second-order valence-corrected chi connectivity index (χ2v) is 9.29. The van der Waals surface area contributed by atoms with Gasteiger partial charge < -0.3 is 0 Å². The fourth-order valence-corrected chi connectivity index (χ4v) is 6.15. The molecule has 142 valence electrons. The molecule has 1 aliphatic rings. The average Bonchev–Trinajstić information content (AvgIpc) is 3.05. The van der Waals surface area contributed by atoms with Gasteiger partial charge in [-0.05, 0) is 56.9 Å².